The second-order valence-corrected chi connectivity index (χ2v) is 12.6. The van der Waals surface area contributed by atoms with Crippen LogP contribution in [0.5, 0.6) is 0 Å². The van der Waals surface area contributed by atoms with Gasteiger partial charge in [-0.15, -0.1) is 0 Å². The first-order valence-electron chi connectivity index (χ1n) is 18.7. The Morgan fingerprint density at radius 3 is 1.68 bits per heavy atom. The molecule has 258 valence electrons. The number of carbonyl (C=O) groups is 1. The average Bonchev–Trinajstić information content (AvgIpc) is 3.00. The van der Waals surface area contributed by atoms with E-state index in [1.54, 1.807) is 0 Å². The predicted molar refractivity (Wildman–Crippen MR) is 189 cm³/mol. The Morgan fingerprint density at radius 2 is 1.07 bits per heavy atom. The molecule has 0 saturated carbocycles. The molecule has 44 heavy (non-hydrogen) atoms. The molecule has 0 spiro atoms. The van der Waals surface area contributed by atoms with Gasteiger partial charge in [0.2, 0.25) is 0 Å². The molecular formula is C39H72O5. The highest BCUT2D eigenvalue weighted by atomic mass is 16.7. The van der Waals surface area contributed by atoms with Crippen LogP contribution in [0.2, 0.25) is 0 Å². The van der Waals surface area contributed by atoms with E-state index < -0.39 is 6.16 Å². The van der Waals surface area contributed by atoms with E-state index in [0.717, 1.165) is 57.8 Å². The van der Waals surface area contributed by atoms with Crippen LogP contribution in [-0.4, -0.2) is 41.8 Å². The van der Waals surface area contributed by atoms with E-state index in [4.69, 9.17) is 14.6 Å². The molecule has 0 aromatic heterocycles. The zero-order chi connectivity index (χ0) is 32.2. The Balaban J connectivity index is 3.62. The summed E-state index contributed by atoms with van der Waals surface area (Å²) in [6.07, 6.45) is 41.8. The standard InChI is InChI=1S/C39H72O5/c1-3-5-7-9-10-11-12-13-14-15-16-17-21-24-27-31-35-43-36-38(44-39(41)42)34-30-26-23-20-18-19-22-25-29-33-37(40)32-28-8-6-4-2/h10-11,13-14,25,29,37-38,40H,3-9,12,15-24,26-28,30-36H2,1-2H3,(H,41,42)/b11-10-,14-13-,29-25?. The third-order valence-electron chi connectivity index (χ3n) is 8.17. The summed E-state index contributed by atoms with van der Waals surface area (Å²) in [5.41, 5.74) is 0. The van der Waals surface area contributed by atoms with Crippen molar-refractivity contribution in [2.24, 2.45) is 0 Å². The highest BCUT2D eigenvalue weighted by molar-refractivity contribution is 5.57. The van der Waals surface area contributed by atoms with Gasteiger partial charge in [0.15, 0.2) is 0 Å². The Hall–Kier alpha value is -1.59. The summed E-state index contributed by atoms with van der Waals surface area (Å²) >= 11 is 0. The molecule has 0 aliphatic heterocycles. The molecule has 2 atom stereocenters. The zero-order valence-corrected chi connectivity index (χ0v) is 29.0. The lowest BCUT2D eigenvalue weighted by Gasteiger charge is -2.16. The van der Waals surface area contributed by atoms with Crippen molar-refractivity contribution < 1.29 is 24.5 Å². The average molecular weight is 621 g/mol. The summed E-state index contributed by atoms with van der Waals surface area (Å²) in [6.45, 7) is 5.51. The molecule has 5 nitrogen and oxygen atoms in total. The molecule has 0 aromatic rings. The lowest BCUT2D eigenvalue weighted by Crippen LogP contribution is -2.23. The first kappa shape index (κ1) is 42.4. The second kappa shape index (κ2) is 35.9. The molecule has 0 fully saturated rings. The van der Waals surface area contributed by atoms with Crippen molar-refractivity contribution in [3.8, 4) is 0 Å². The molecular weight excluding hydrogens is 548 g/mol. The van der Waals surface area contributed by atoms with Gasteiger partial charge in [-0.2, -0.15) is 0 Å². The molecule has 0 rings (SSSR count). The molecule has 0 aliphatic rings. The monoisotopic (exact) mass is 621 g/mol. The van der Waals surface area contributed by atoms with Gasteiger partial charge < -0.3 is 19.7 Å². The number of rotatable bonds is 34. The molecule has 0 aliphatic carbocycles. The van der Waals surface area contributed by atoms with Gasteiger partial charge in [-0.3, -0.25) is 0 Å². The largest absolute Gasteiger partial charge is 0.506 e. The number of unbranched alkanes of at least 4 members (excludes halogenated alkanes) is 18. The van der Waals surface area contributed by atoms with Crippen molar-refractivity contribution in [3.63, 3.8) is 0 Å². The highest BCUT2D eigenvalue weighted by Crippen LogP contribution is 2.14. The molecule has 0 saturated heterocycles. The number of aliphatic hydroxyl groups is 1. The van der Waals surface area contributed by atoms with Gasteiger partial charge in [-0.05, 0) is 77.0 Å². The first-order chi connectivity index (χ1) is 21.6. The number of allylic oxidation sites excluding steroid dienone is 5. The van der Waals surface area contributed by atoms with E-state index in [2.05, 4.69) is 50.3 Å². The smallest absolute Gasteiger partial charge is 0.450 e. The number of hydrogen-bond acceptors (Lipinski definition) is 4. The quantitative estimate of drug-likeness (QED) is 0.0425. The SMILES string of the molecule is CCCCC/C=C\C/C=C\CCCCCCCCOCC(CCCCCCCCC=CCC(O)CCCCCC)OC(=O)O. The summed E-state index contributed by atoms with van der Waals surface area (Å²) in [7, 11) is 0. The minimum atomic E-state index is -1.20. The third kappa shape index (κ3) is 34.9. The van der Waals surface area contributed by atoms with E-state index in [1.165, 1.54) is 109 Å². The van der Waals surface area contributed by atoms with Crippen LogP contribution in [0.3, 0.4) is 0 Å². The minimum Gasteiger partial charge on any atom is -0.450 e. The van der Waals surface area contributed by atoms with Gasteiger partial charge in [0, 0.05) is 6.61 Å². The zero-order valence-electron chi connectivity index (χ0n) is 29.0. The molecule has 2 unspecified atom stereocenters. The maximum atomic E-state index is 11.1. The first-order valence-corrected chi connectivity index (χ1v) is 18.7. The number of ether oxygens (including phenoxy) is 2. The number of hydrogen-bond donors (Lipinski definition) is 2. The molecule has 0 amide bonds. The molecule has 0 radical (unpaired) electrons. The summed E-state index contributed by atoms with van der Waals surface area (Å²) in [5.74, 6) is 0. The van der Waals surface area contributed by atoms with Crippen LogP contribution in [0.25, 0.3) is 0 Å². The van der Waals surface area contributed by atoms with Crippen molar-refractivity contribution in [2.75, 3.05) is 13.2 Å². The molecule has 0 bridgehead atoms. The summed E-state index contributed by atoms with van der Waals surface area (Å²) in [4.78, 5) is 11.1. The van der Waals surface area contributed by atoms with Gasteiger partial charge in [0.25, 0.3) is 0 Å². The Labute approximate surface area is 273 Å². The summed E-state index contributed by atoms with van der Waals surface area (Å²) in [5, 5.41) is 19.1. The van der Waals surface area contributed by atoms with Crippen LogP contribution < -0.4 is 0 Å². The molecule has 5 heteroatoms. The van der Waals surface area contributed by atoms with Crippen LogP contribution in [0.1, 0.15) is 181 Å². The number of aliphatic hydroxyl groups excluding tert-OH is 1. The maximum Gasteiger partial charge on any atom is 0.506 e. The van der Waals surface area contributed by atoms with Crippen LogP contribution in [0.4, 0.5) is 4.79 Å². The van der Waals surface area contributed by atoms with Crippen LogP contribution in [-0.2, 0) is 9.47 Å². The van der Waals surface area contributed by atoms with E-state index in [0.29, 0.717) is 13.2 Å². The Kier molecular flexibility index (Phi) is 34.6. The number of carboxylic acid groups (broad SMARTS) is 1. The topological polar surface area (TPSA) is 76.0 Å². The fourth-order valence-corrected chi connectivity index (χ4v) is 5.36. The molecule has 0 heterocycles. The van der Waals surface area contributed by atoms with E-state index in [1.807, 2.05) is 0 Å². The molecule has 0 aromatic carbocycles. The Bertz CT molecular complexity index is 671. The van der Waals surface area contributed by atoms with E-state index >= 15 is 0 Å². The predicted octanol–water partition coefficient (Wildman–Crippen LogP) is 12.3. The maximum absolute atomic E-state index is 11.1. The fraction of sp³-hybridized carbons (Fsp3) is 0.821. The van der Waals surface area contributed by atoms with Gasteiger partial charge in [-0.25, -0.2) is 4.79 Å². The van der Waals surface area contributed by atoms with Crippen molar-refractivity contribution >= 4 is 6.16 Å². The van der Waals surface area contributed by atoms with Crippen molar-refractivity contribution in [2.45, 2.75) is 193 Å². The lowest BCUT2D eigenvalue weighted by atomic mass is 10.1. The van der Waals surface area contributed by atoms with Crippen molar-refractivity contribution in [1.29, 1.82) is 0 Å². The van der Waals surface area contributed by atoms with Gasteiger partial charge >= 0.3 is 6.16 Å². The highest BCUT2D eigenvalue weighted by Gasteiger charge is 2.13. The van der Waals surface area contributed by atoms with E-state index in [-0.39, 0.29) is 12.2 Å². The van der Waals surface area contributed by atoms with Crippen LogP contribution >= 0.6 is 0 Å². The van der Waals surface area contributed by atoms with Crippen molar-refractivity contribution in [3.05, 3.63) is 36.5 Å². The van der Waals surface area contributed by atoms with Crippen molar-refractivity contribution in [1.82, 2.24) is 0 Å². The van der Waals surface area contributed by atoms with Crippen LogP contribution in [0.15, 0.2) is 36.5 Å². The van der Waals surface area contributed by atoms with Gasteiger partial charge in [-0.1, -0.05) is 140 Å². The lowest BCUT2D eigenvalue weighted by molar-refractivity contribution is -0.00676. The van der Waals surface area contributed by atoms with Crippen LogP contribution in [0, 0.1) is 0 Å². The fourth-order valence-electron chi connectivity index (χ4n) is 5.36. The van der Waals surface area contributed by atoms with Gasteiger partial charge in [0.1, 0.15) is 6.10 Å². The normalized spacial score (nSPS) is 13.4. The Morgan fingerprint density at radius 1 is 0.591 bits per heavy atom. The summed E-state index contributed by atoms with van der Waals surface area (Å²) in [6, 6.07) is 0. The molecule has 2 N–H and O–H groups in total. The van der Waals surface area contributed by atoms with Gasteiger partial charge in [0.05, 0.1) is 12.7 Å². The second-order valence-electron chi connectivity index (χ2n) is 12.6. The minimum absolute atomic E-state index is 0.182. The van der Waals surface area contributed by atoms with E-state index in [9.17, 15) is 9.90 Å². The summed E-state index contributed by atoms with van der Waals surface area (Å²) < 4.78 is 10.8. The third-order valence-corrected chi connectivity index (χ3v) is 8.17.